The molecule has 1 rings (SSSR count). The Kier molecular flexibility index (Phi) is 4.69. The highest BCUT2D eigenvalue weighted by Gasteiger charge is 2.20. The molecule has 2 amide bonds. The van der Waals surface area contributed by atoms with Gasteiger partial charge in [-0.15, -0.1) is 11.3 Å². The zero-order valence-corrected chi connectivity index (χ0v) is 11.2. The molecule has 0 aliphatic rings. The van der Waals surface area contributed by atoms with Gasteiger partial charge in [0.25, 0.3) is 0 Å². The summed E-state index contributed by atoms with van der Waals surface area (Å²) in [6.45, 7) is 4.96. The third-order valence-corrected chi connectivity index (χ3v) is 3.60. The van der Waals surface area contributed by atoms with E-state index in [1.54, 1.807) is 20.8 Å². The fourth-order valence-corrected chi connectivity index (χ4v) is 2.43. The van der Waals surface area contributed by atoms with E-state index in [4.69, 9.17) is 10.2 Å². The van der Waals surface area contributed by atoms with Gasteiger partial charge >= 0.3 is 12.0 Å². The van der Waals surface area contributed by atoms with E-state index in [1.165, 1.54) is 11.3 Å². The Balaban J connectivity index is 2.88. The zero-order chi connectivity index (χ0) is 13.9. The predicted octanol–water partition coefficient (Wildman–Crippen LogP) is 1.57. The lowest BCUT2D eigenvalue weighted by atomic mass is 10.1. The molecule has 1 aromatic heterocycles. The second-order valence-corrected chi connectivity index (χ2v) is 5.20. The van der Waals surface area contributed by atoms with Gasteiger partial charge in [0, 0.05) is 4.88 Å². The van der Waals surface area contributed by atoms with Crippen molar-refractivity contribution >= 4 is 28.3 Å². The highest BCUT2D eigenvalue weighted by molar-refractivity contribution is 7.16. The summed E-state index contributed by atoms with van der Waals surface area (Å²) in [7, 11) is 0. The number of nitrogens with one attached hydrogen (secondary N) is 2. The van der Waals surface area contributed by atoms with Crippen molar-refractivity contribution in [2.24, 2.45) is 0 Å². The largest absolute Gasteiger partial charge is 0.478 e. The maximum absolute atomic E-state index is 11.6. The molecule has 1 aromatic rings. The van der Waals surface area contributed by atoms with Crippen molar-refractivity contribution in [1.82, 2.24) is 5.32 Å². The van der Waals surface area contributed by atoms with E-state index < -0.39 is 12.0 Å². The number of aromatic carboxylic acids is 1. The minimum atomic E-state index is -1.07. The lowest BCUT2D eigenvalue weighted by molar-refractivity contribution is 0.0697. The first-order chi connectivity index (χ1) is 8.36. The smallest absolute Gasteiger partial charge is 0.338 e. The lowest BCUT2D eigenvalue weighted by Crippen LogP contribution is -2.38. The van der Waals surface area contributed by atoms with Crippen LogP contribution in [-0.2, 0) is 0 Å². The first kappa shape index (κ1) is 14.5. The molecule has 4 N–H and O–H groups in total. The van der Waals surface area contributed by atoms with Gasteiger partial charge in [-0.25, -0.2) is 9.59 Å². The quantitative estimate of drug-likeness (QED) is 0.668. The van der Waals surface area contributed by atoms with Gasteiger partial charge in [0.05, 0.1) is 18.2 Å². The van der Waals surface area contributed by atoms with Crippen LogP contribution in [0.25, 0.3) is 0 Å². The maximum atomic E-state index is 11.6. The molecular formula is C11H16N2O4S. The van der Waals surface area contributed by atoms with Crippen LogP contribution in [-0.4, -0.2) is 34.9 Å². The molecule has 0 aromatic carbocycles. The number of carbonyl (C=O) groups excluding carboxylic acids is 1. The molecule has 0 saturated carbocycles. The third-order valence-electron chi connectivity index (χ3n) is 2.48. The van der Waals surface area contributed by atoms with Crippen molar-refractivity contribution in [3.05, 3.63) is 16.0 Å². The molecule has 0 unspecified atom stereocenters. The SMILES string of the molecule is Cc1sc(NC(=O)N[C@H](C)CO)c(C(=O)O)c1C. The fourth-order valence-electron chi connectivity index (χ4n) is 1.38. The number of hydrogen-bond acceptors (Lipinski definition) is 4. The van der Waals surface area contributed by atoms with Crippen molar-refractivity contribution in [1.29, 1.82) is 0 Å². The van der Waals surface area contributed by atoms with Crippen molar-refractivity contribution in [2.75, 3.05) is 11.9 Å². The number of aliphatic hydroxyl groups is 1. The van der Waals surface area contributed by atoms with E-state index in [0.717, 1.165) is 4.88 Å². The zero-order valence-electron chi connectivity index (χ0n) is 10.4. The van der Waals surface area contributed by atoms with Crippen LogP contribution >= 0.6 is 11.3 Å². The summed E-state index contributed by atoms with van der Waals surface area (Å²) in [5.74, 6) is -1.07. The average Bonchev–Trinajstić information content (AvgIpc) is 2.53. The van der Waals surface area contributed by atoms with Crippen LogP contribution in [0.5, 0.6) is 0 Å². The number of carboxylic acid groups (broad SMARTS) is 1. The van der Waals surface area contributed by atoms with Crippen molar-refractivity contribution in [3.8, 4) is 0 Å². The lowest BCUT2D eigenvalue weighted by Gasteiger charge is -2.11. The van der Waals surface area contributed by atoms with Gasteiger partial charge < -0.3 is 15.5 Å². The monoisotopic (exact) mass is 272 g/mol. The highest BCUT2D eigenvalue weighted by atomic mass is 32.1. The van der Waals surface area contributed by atoms with E-state index in [9.17, 15) is 9.59 Å². The minimum absolute atomic E-state index is 0.115. The number of urea groups is 1. The molecule has 1 atom stereocenters. The second-order valence-electron chi connectivity index (χ2n) is 3.97. The van der Waals surface area contributed by atoms with Gasteiger partial charge in [-0.1, -0.05) is 0 Å². The van der Waals surface area contributed by atoms with Crippen LogP contribution in [0.1, 0.15) is 27.7 Å². The van der Waals surface area contributed by atoms with Crippen LogP contribution < -0.4 is 10.6 Å². The number of hydrogen-bond donors (Lipinski definition) is 4. The second kappa shape index (κ2) is 5.83. The Labute approximate surface area is 109 Å². The molecule has 0 fully saturated rings. The Morgan fingerprint density at radius 1 is 1.39 bits per heavy atom. The molecule has 100 valence electrons. The van der Waals surface area contributed by atoms with E-state index in [1.807, 2.05) is 0 Å². The summed E-state index contributed by atoms with van der Waals surface area (Å²) in [5, 5.41) is 23.2. The van der Waals surface area contributed by atoms with Gasteiger partial charge in [0.2, 0.25) is 0 Å². The summed E-state index contributed by atoms with van der Waals surface area (Å²) in [6.07, 6.45) is 0. The van der Waals surface area contributed by atoms with E-state index in [2.05, 4.69) is 10.6 Å². The summed E-state index contributed by atoms with van der Waals surface area (Å²) in [4.78, 5) is 23.5. The molecule has 6 nitrogen and oxygen atoms in total. The number of amides is 2. The van der Waals surface area contributed by atoms with Gasteiger partial charge in [0.1, 0.15) is 5.00 Å². The molecule has 7 heteroatoms. The van der Waals surface area contributed by atoms with Crippen molar-refractivity contribution in [2.45, 2.75) is 26.8 Å². The van der Waals surface area contributed by atoms with Crippen molar-refractivity contribution in [3.63, 3.8) is 0 Å². The summed E-state index contributed by atoms with van der Waals surface area (Å²) >= 11 is 1.22. The van der Waals surface area contributed by atoms with Gasteiger partial charge in [-0.3, -0.25) is 5.32 Å². The van der Waals surface area contributed by atoms with Gasteiger partial charge in [0.15, 0.2) is 0 Å². The number of carboxylic acids is 1. The summed E-state index contributed by atoms with van der Waals surface area (Å²) < 4.78 is 0. The average molecular weight is 272 g/mol. The molecule has 0 spiro atoms. The molecule has 0 bridgehead atoms. The van der Waals surface area contributed by atoms with Crippen LogP contribution in [0.4, 0.5) is 9.80 Å². The van der Waals surface area contributed by atoms with Crippen LogP contribution in [0, 0.1) is 13.8 Å². The predicted molar refractivity (Wildman–Crippen MR) is 69.5 cm³/mol. The topological polar surface area (TPSA) is 98.7 Å². The van der Waals surface area contributed by atoms with Crippen molar-refractivity contribution < 1.29 is 19.8 Å². The normalized spacial score (nSPS) is 12.0. The minimum Gasteiger partial charge on any atom is -0.478 e. The van der Waals surface area contributed by atoms with E-state index >= 15 is 0 Å². The summed E-state index contributed by atoms with van der Waals surface area (Å²) in [6, 6.07) is -0.916. The number of rotatable bonds is 4. The number of aryl methyl sites for hydroxylation is 1. The number of anilines is 1. The third kappa shape index (κ3) is 3.21. The van der Waals surface area contributed by atoms with Crippen LogP contribution in [0.2, 0.25) is 0 Å². The molecule has 18 heavy (non-hydrogen) atoms. The van der Waals surface area contributed by atoms with Crippen LogP contribution in [0.15, 0.2) is 0 Å². The Morgan fingerprint density at radius 2 is 2.00 bits per heavy atom. The molecule has 0 aliphatic heterocycles. The van der Waals surface area contributed by atoms with E-state index in [0.29, 0.717) is 10.6 Å². The Bertz CT molecular complexity index is 470. The Hall–Kier alpha value is -1.60. The molecule has 0 aliphatic carbocycles. The summed E-state index contributed by atoms with van der Waals surface area (Å²) in [5.41, 5.74) is 0.766. The van der Waals surface area contributed by atoms with Gasteiger partial charge in [-0.2, -0.15) is 0 Å². The first-order valence-corrected chi connectivity index (χ1v) is 6.20. The number of aliphatic hydroxyl groups excluding tert-OH is 1. The molecular weight excluding hydrogens is 256 g/mol. The Morgan fingerprint density at radius 3 is 2.50 bits per heavy atom. The van der Waals surface area contributed by atoms with Crippen LogP contribution in [0.3, 0.4) is 0 Å². The molecule has 0 radical (unpaired) electrons. The number of thiophene rings is 1. The molecule has 0 saturated heterocycles. The first-order valence-electron chi connectivity index (χ1n) is 5.38. The maximum Gasteiger partial charge on any atom is 0.338 e. The number of carbonyl (C=O) groups is 2. The van der Waals surface area contributed by atoms with Gasteiger partial charge in [-0.05, 0) is 26.3 Å². The van der Waals surface area contributed by atoms with E-state index in [-0.39, 0.29) is 18.2 Å². The highest BCUT2D eigenvalue weighted by Crippen LogP contribution is 2.32. The standard InChI is InChI=1S/C11H16N2O4S/c1-5(4-14)12-11(17)13-9-8(10(15)16)6(2)7(3)18-9/h5,14H,4H2,1-3H3,(H,15,16)(H2,12,13,17)/t5-/m1/s1. The molecule has 1 heterocycles. The fraction of sp³-hybridized carbons (Fsp3) is 0.455.